The minimum absolute atomic E-state index is 0.187. The van der Waals surface area contributed by atoms with E-state index in [1.807, 2.05) is 38.1 Å². The number of hydrogen-bond acceptors (Lipinski definition) is 4. The van der Waals surface area contributed by atoms with Crippen LogP contribution in [0.25, 0.3) is 5.69 Å². The van der Waals surface area contributed by atoms with Crippen molar-refractivity contribution in [1.29, 1.82) is 0 Å². The van der Waals surface area contributed by atoms with Gasteiger partial charge in [-0.3, -0.25) is 0 Å². The van der Waals surface area contributed by atoms with Gasteiger partial charge in [-0.2, -0.15) is 5.10 Å². The van der Waals surface area contributed by atoms with Crippen LogP contribution < -0.4 is 4.74 Å². The third kappa shape index (κ3) is 2.95. The second-order valence-corrected chi connectivity index (χ2v) is 5.60. The van der Waals surface area contributed by atoms with Crippen LogP contribution in [0.15, 0.2) is 28.7 Å². The lowest BCUT2D eigenvalue weighted by molar-refractivity contribution is 0.0592. The monoisotopic (exact) mass is 352 g/mol. The van der Waals surface area contributed by atoms with Crippen molar-refractivity contribution in [1.82, 2.24) is 9.78 Å². The molecule has 0 aliphatic carbocycles. The molecule has 0 radical (unpaired) electrons. The molecule has 0 saturated heterocycles. The Balaban J connectivity index is 2.58. The fraction of sp³-hybridized carbons (Fsp3) is 0.333. The van der Waals surface area contributed by atoms with E-state index in [4.69, 9.17) is 9.47 Å². The third-order valence-corrected chi connectivity index (χ3v) is 3.89. The Bertz CT molecular complexity index is 648. The van der Waals surface area contributed by atoms with E-state index in [1.54, 1.807) is 11.8 Å². The highest BCUT2D eigenvalue weighted by molar-refractivity contribution is 9.10. The second-order valence-electron chi connectivity index (χ2n) is 4.80. The number of rotatable bonds is 4. The number of aromatic nitrogens is 2. The van der Waals surface area contributed by atoms with Crippen molar-refractivity contribution in [2.45, 2.75) is 19.8 Å². The van der Waals surface area contributed by atoms with E-state index in [0.717, 1.165) is 17.1 Å². The van der Waals surface area contributed by atoms with E-state index >= 15 is 0 Å². The Morgan fingerprint density at radius 3 is 2.33 bits per heavy atom. The Labute approximate surface area is 132 Å². The highest BCUT2D eigenvalue weighted by atomic mass is 79.9. The van der Waals surface area contributed by atoms with Gasteiger partial charge < -0.3 is 9.47 Å². The Hall–Kier alpha value is -1.82. The molecule has 1 aromatic carbocycles. The average molecular weight is 353 g/mol. The van der Waals surface area contributed by atoms with E-state index in [0.29, 0.717) is 4.47 Å². The van der Waals surface area contributed by atoms with Crippen LogP contribution in [0.1, 0.15) is 35.9 Å². The van der Waals surface area contributed by atoms with Crippen LogP contribution in [0.3, 0.4) is 0 Å². The van der Waals surface area contributed by atoms with Gasteiger partial charge >= 0.3 is 5.97 Å². The molecular weight excluding hydrogens is 336 g/mol. The Morgan fingerprint density at radius 2 is 1.86 bits per heavy atom. The first-order valence-corrected chi connectivity index (χ1v) is 7.30. The topological polar surface area (TPSA) is 53.3 Å². The van der Waals surface area contributed by atoms with Gasteiger partial charge in [0.25, 0.3) is 0 Å². The SMILES string of the molecule is COC(=O)c1nn(-c2ccc(OC)cc2)c(C(C)C)c1Br. The average Bonchev–Trinajstić information content (AvgIpc) is 2.84. The predicted octanol–water partition coefficient (Wildman–Crippen LogP) is 3.55. The zero-order valence-corrected chi connectivity index (χ0v) is 14.0. The number of esters is 1. The Kier molecular flexibility index (Phi) is 4.67. The zero-order chi connectivity index (χ0) is 15.6. The molecule has 21 heavy (non-hydrogen) atoms. The van der Waals surface area contributed by atoms with Crippen molar-refractivity contribution >= 4 is 21.9 Å². The summed E-state index contributed by atoms with van der Waals surface area (Å²) in [5.41, 5.74) is 2.05. The van der Waals surface area contributed by atoms with Crippen LogP contribution in [0.2, 0.25) is 0 Å². The molecular formula is C15H17BrN2O3. The van der Waals surface area contributed by atoms with Gasteiger partial charge in [-0.25, -0.2) is 9.48 Å². The van der Waals surface area contributed by atoms with Crippen molar-refractivity contribution in [3.63, 3.8) is 0 Å². The molecule has 0 bridgehead atoms. The molecule has 0 spiro atoms. The smallest absolute Gasteiger partial charge is 0.359 e. The second kappa shape index (κ2) is 6.30. The number of benzene rings is 1. The summed E-state index contributed by atoms with van der Waals surface area (Å²) in [6, 6.07) is 7.50. The van der Waals surface area contributed by atoms with Crippen LogP contribution in [-0.2, 0) is 4.74 Å². The first-order chi connectivity index (χ1) is 9.99. The lowest BCUT2D eigenvalue weighted by Gasteiger charge is -2.11. The minimum Gasteiger partial charge on any atom is -0.497 e. The van der Waals surface area contributed by atoms with Crippen molar-refractivity contribution < 1.29 is 14.3 Å². The fourth-order valence-electron chi connectivity index (χ4n) is 2.06. The molecule has 6 heteroatoms. The normalized spacial score (nSPS) is 10.8. The number of carbonyl (C=O) groups is 1. The van der Waals surface area contributed by atoms with E-state index in [9.17, 15) is 4.79 Å². The lowest BCUT2D eigenvalue weighted by atomic mass is 10.1. The van der Waals surface area contributed by atoms with Gasteiger partial charge in [-0.1, -0.05) is 13.8 Å². The highest BCUT2D eigenvalue weighted by Crippen LogP contribution is 2.31. The lowest BCUT2D eigenvalue weighted by Crippen LogP contribution is -2.05. The van der Waals surface area contributed by atoms with E-state index in [2.05, 4.69) is 21.0 Å². The molecule has 0 amide bonds. The predicted molar refractivity (Wildman–Crippen MR) is 83.2 cm³/mol. The summed E-state index contributed by atoms with van der Waals surface area (Å²) in [5.74, 6) is 0.493. The largest absolute Gasteiger partial charge is 0.497 e. The molecule has 0 aliphatic rings. The Morgan fingerprint density at radius 1 is 1.24 bits per heavy atom. The van der Waals surface area contributed by atoms with E-state index in [-0.39, 0.29) is 11.6 Å². The van der Waals surface area contributed by atoms with Gasteiger partial charge in [-0.15, -0.1) is 0 Å². The van der Waals surface area contributed by atoms with Crippen molar-refractivity contribution in [2.75, 3.05) is 14.2 Å². The first-order valence-electron chi connectivity index (χ1n) is 6.50. The molecule has 112 valence electrons. The van der Waals surface area contributed by atoms with Gasteiger partial charge in [0, 0.05) is 0 Å². The molecule has 0 fully saturated rings. The van der Waals surface area contributed by atoms with Crippen molar-refractivity contribution in [3.05, 3.63) is 40.1 Å². The van der Waals surface area contributed by atoms with Gasteiger partial charge in [0.1, 0.15) is 5.75 Å². The minimum atomic E-state index is -0.462. The van der Waals surface area contributed by atoms with Gasteiger partial charge in [0.05, 0.1) is 30.1 Å². The van der Waals surface area contributed by atoms with Gasteiger partial charge in [-0.05, 0) is 46.1 Å². The summed E-state index contributed by atoms with van der Waals surface area (Å²) < 4.78 is 12.3. The molecule has 1 heterocycles. The summed E-state index contributed by atoms with van der Waals surface area (Å²) in [7, 11) is 2.96. The molecule has 0 atom stereocenters. The molecule has 1 aromatic heterocycles. The van der Waals surface area contributed by atoms with Crippen molar-refractivity contribution in [3.8, 4) is 11.4 Å². The maximum atomic E-state index is 11.8. The zero-order valence-electron chi connectivity index (χ0n) is 12.4. The number of methoxy groups -OCH3 is 2. The van der Waals surface area contributed by atoms with E-state index < -0.39 is 5.97 Å². The molecule has 5 nitrogen and oxygen atoms in total. The van der Waals surface area contributed by atoms with Crippen LogP contribution in [-0.4, -0.2) is 30.0 Å². The van der Waals surface area contributed by atoms with Crippen LogP contribution in [0, 0.1) is 0 Å². The number of nitrogens with zero attached hydrogens (tertiary/aromatic N) is 2. The van der Waals surface area contributed by atoms with Crippen LogP contribution in [0.5, 0.6) is 5.75 Å². The number of halogens is 1. The summed E-state index contributed by atoms with van der Waals surface area (Å²) in [6.07, 6.45) is 0. The maximum Gasteiger partial charge on any atom is 0.359 e. The highest BCUT2D eigenvalue weighted by Gasteiger charge is 2.24. The summed E-state index contributed by atoms with van der Waals surface area (Å²) in [5, 5.41) is 4.38. The molecule has 0 aliphatic heterocycles. The first kappa shape index (κ1) is 15.6. The van der Waals surface area contributed by atoms with Crippen LogP contribution in [0.4, 0.5) is 0 Å². The van der Waals surface area contributed by atoms with Crippen LogP contribution >= 0.6 is 15.9 Å². The van der Waals surface area contributed by atoms with Gasteiger partial charge in [0.2, 0.25) is 0 Å². The van der Waals surface area contributed by atoms with E-state index in [1.165, 1.54) is 7.11 Å². The summed E-state index contributed by atoms with van der Waals surface area (Å²) in [4.78, 5) is 11.8. The maximum absolute atomic E-state index is 11.8. The van der Waals surface area contributed by atoms with Gasteiger partial charge in [0.15, 0.2) is 5.69 Å². The summed E-state index contributed by atoms with van der Waals surface area (Å²) in [6.45, 7) is 4.09. The quantitative estimate of drug-likeness (QED) is 0.789. The number of carbonyl (C=O) groups excluding carboxylic acids is 1. The number of hydrogen-bond donors (Lipinski definition) is 0. The molecule has 0 unspecified atom stereocenters. The number of ether oxygens (including phenoxy) is 2. The molecule has 2 rings (SSSR count). The van der Waals surface area contributed by atoms with Crippen molar-refractivity contribution in [2.24, 2.45) is 0 Å². The third-order valence-electron chi connectivity index (χ3n) is 3.10. The standard InChI is InChI=1S/C15H17BrN2O3/c1-9(2)14-12(16)13(15(19)21-4)17-18(14)10-5-7-11(20-3)8-6-10/h5-9H,1-4H3. The molecule has 0 N–H and O–H groups in total. The molecule has 2 aromatic rings. The molecule has 0 saturated carbocycles. The summed E-state index contributed by atoms with van der Waals surface area (Å²) >= 11 is 3.46. The fourth-order valence-corrected chi connectivity index (χ4v) is 2.92.